The minimum absolute atomic E-state index is 0.0583. The van der Waals surface area contributed by atoms with E-state index in [1.165, 1.54) is 7.11 Å². The fourth-order valence-electron chi connectivity index (χ4n) is 1.51. The highest BCUT2D eigenvalue weighted by Crippen LogP contribution is 2.08. The Bertz CT molecular complexity index is 475. The van der Waals surface area contributed by atoms with Crippen LogP contribution in [0.4, 0.5) is 0 Å². The molecule has 0 aliphatic heterocycles. The van der Waals surface area contributed by atoms with Crippen molar-refractivity contribution in [2.24, 2.45) is 5.92 Å². The first-order valence-corrected chi connectivity index (χ1v) is 6.54. The molecule has 0 aromatic heterocycles. The Morgan fingerprint density at radius 1 is 1.15 bits per heavy atom. The van der Waals surface area contributed by atoms with Crippen LogP contribution in [0.25, 0.3) is 0 Å². The van der Waals surface area contributed by atoms with Gasteiger partial charge in [0.25, 0.3) is 0 Å². The number of benzene rings is 1. The van der Waals surface area contributed by atoms with Crippen LogP contribution in [-0.2, 0) is 25.5 Å². The topological polar surface area (TPSA) is 52.6 Å². The van der Waals surface area contributed by atoms with E-state index in [2.05, 4.69) is 4.74 Å². The first kappa shape index (κ1) is 16.0. The molecule has 0 N–H and O–H groups in total. The molecule has 0 saturated heterocycles. The van der Waals surface area contributed by atoms with E-state index >= 15 is 0 Å². The summed E-state index contributed by atoms with van der Waals surface area (Å²) in [5.41, 5.74) is 0.947. The fourth-order valence-corrected chi connectivity index (χ4v) is 1.51. The van der Waals surface area contributed by atoms with E-state index in [1.807, 2.05) is 44.2 Å². The molecule has 0 radical (unpaired) electrons. The number of allylic oxidation sites excluding steroid dienone is 1. The Kier molecular flexibility index (Phi) is 6.50. The fraction of sp³-hybridized carbons (Fsp3) is 0.375. The van der Waals surface area contributed by atoms with Gasteiger partial charge in [0, 0.05) is 0 Å². The molecule has 1 aromatic carbocycles. The van der Waals surface area contributed by atoms with E-state index in [1.54, 1.807) is 6.08 Å². The Balaban J connectivity index is 2.78. The number of rotatable bonds is 6. The molecule has 0 unspecified atom stereocenters. The summed E-state index contributed by atoms with van der Waals surface area (Å²) in [6.45, 7) is 4.13. The zero-order valence-corrected chi connectivity index (χ0v) is 12.1. The molecule has 0 spiro atoms. The van der Waals surface area contributed by atoms with Crippen LogP contribution in [0.5, 0.6) is 0 Å². The average Bonchev–Trinajstić information content (AvgIpc) is 2.46. The van der Waals surface area contributed by atoms with E-state index in [9.17, 15) is 9.59 Å². The van der Waals surface area contributed by atoms with Crippen LogP contribution in [0.3, 0.4) is 0 Å². The number of methoxy groups -OCH3 is 1. The maximum Gasteiger partial charge on any atom is 0.345 e. The normalized spacial score (nSPS) is 11.3. The smallest absolute Gasteiger partial charge is 0.345 e. The second-order valence-corrected chi connectivity index (χ2v) is 4.79. The quantitative estimate of drug-likeness (QED) is 0.347. The van der Waals surface area contributed by atoms with Crippen molar-refractivity contribution in [3.05, 3.63) is 47.5 Å². The Labute approximate surface area is 119 Å². The summed E-state index contributed by atoms with van der Waals surface area (Å²) in [5.74, 6) is -1.09. The second kappa shape index (κ2) is 8.15. The van der Waals surface area contributed by atoms with Gasteiger partial charge in [0.2, 0.25) is 0 Å². The van der Waals surface area contributed by atoms with Crippen molar-refractivity contribution in [3.63, 3.8) is 0 Å². The van der Waals surface area contributed by atoms with Gasteiger partial charge in [-0.1, -0.05) is 50.3 Å². The summed E-state index contributed by atoms with van der Waals surface area (Å²) in [6, 6.07) is 9.55. The summed E-state index contributed by atoms with van der Waals surface area (Å²) < 4.78 is 9.69. The number of esters is 2. The molecule has 0 aliphatic carbocycles. The highest BCUT2D eigenvalue weighted by molar-refractivity contribution is 6.14. The lowest BCUT2D eigenvalue weighted by Gasteiger charge is -2.09. The van der Waals surface area contributed by atoms with Crippen molar-refractivity contribution in [1.29, 1.82) is 0 Å². The van der Waals surface area contributed by atoms with E-state index in [0.717, 1.165) is 5.56 Å². The van der Waals surface area contributed by atoms with Gasteiger partial charge in [-0.25, -0.2) is 9.59 Å². The highest BCUT2D eigenvalue weighted by atomic mass is 16.5. The van der Waals surface area contributed by atoms with Crippen LogP contribution in [0.1, 0.15) is 19.4 Å². The predicted molar refractivity (Wildman–Crippen MR) is 76.0 cm³/mol. The number of carbonyl (C=O) groups is 2. The summed E-state index contributed by atoms with van der Waals surface area (Å²) in [7, 11) is 1.24. The molecule has 0 bridgehead atoms. The van der Waals surface area contributed by atoms with Crippen molar-refractivity contribution in [2.75, 3.05) is 13.7 Å². The molecule has 4 nitrogen and oxygen atoms in total. The summed E-state index contributed by atoms with van der Waals surface area (Å²) in [4.78, 5) is 23.5. The molecule has 20 heavy (non-hydrogen) atoms. The Morgan fingerprint density at radius 2 is 1.80 bits per heavy atom. The molecular formula is C16H20O4. The lowest BCUT2D eigenvalue weighted by atomic mass is 10.1. The molecular weight excluding hydrogens is 256 g/mol. The van der Waals surface area contributed by atoms with Crippen molar-refractivity contribution < 1.29 is 19.1 Å². The summed E-state index contributed by atoms with van der Waals surface area (Å²) >= 11 is 0. The average molecular weight is 276 g/mol. The van der Waals surface area contributed by atoms with Crippen LogP contribution in [0, 0.1) is 5.92 Å². The second-order valence-electron chi connectivity index (χ2n) is 4.79. The monoisotopic (exact) mass is 276 g/mol. The first-order valence-electron chi connectivity index (χ1n) is 6.54. The molecule has 0 fully saturated rings. The van der Waals surface area contributed by atoms with Crippen LogP contribution < -0.4 is 0 Å². The van der Waals surface area contributed by atoms with E-state index in [0.29, 0.717) is 6.42 Å². The van der Waals surface area contributed by atoms with Crippen LogP contribution in [0.2, 0.25) is 0 Å². The number of hydrogen-bond donors (Lipinski definition) is 0. The molecule has 0 heterocycles. The van der Waals surface area contributed by atoms with Crippen LogP contribution in [0.15, 0.2) is 42.0 Å². The van der Waals surface area contributed by atoms with Gasteiger partial charge < -0.3 is 9.47 Å². The maximum atomic E-state index is 11.9. The Hall–Kier alpha value is -2.10. The van der Waals surface area contributed by atoms with Gasteiger partial charge in [-0.2, -0.15) is 0 Å². The van der Waals surface area contributed by atoms with Gasteiger partial charge >= 0.3 is 11.9 Å². The third kappa shape index (κ3) is 5.26. The standard InChI is InChI=1S/C16H20O4/c1-12(2)11-20-16(18)14(15(17)19-3)10-9-13-7-5-4-6-8-13/h4-8,10,12H,9,11H2,1-3H3/b14-10+. The number of ether oxygens (including phenoxy) is 2. The van der Waals surface area contributed by atoms with Gasteiger partial charge in [-0.05, 0) is 17.9 Å². The molecule has 0 amide bonds. The summed E-state index contributed by atoms with van der Waals surface area (Å²) in [6.07, 6.45) is 2.02. The van der Waals surface area contributed by atoms with Crippen LogP contribution >= 0.6 is 0 Å². The maximum absolute atomic E-state index is 11.9. The van der Waals surface area contributed by atoms with Gasteiger partial charge in [0.05, 0.1) is 13.7 Å². The Morgan fingerprint density at radius 3 is 2.35 bits per heavy atom. The minimum atomic E-state index is -0.672. The molecule has 108 valence electrons. The molecule has 4 heteroatoms. The third-order valence-corrected chi connectivity index (χ3v) is 2.56. The SMILES string of the molecule is COC(=O)/C(=C\Cc1ccccc1)C(=O)OCC(C)C. The van der Waals surface area contributed by atoms with Crippen molar-refractivity contribution >= 4 is 11.9 Å². The molecule has 0 aliphatic rings. The zero-order valence-electron chi connectivity index (χ0n) is 12.1. The number of hydrogen-bond acceptors (Lipinski definition) is 4. The van der Waals surface area contributed by atoms with Gasteiger partial charge in [-0.15, -0.1) is 0 Å². The highest BCUT2D eigenvalue weighted by Gasteiger charge is 2.20. The van der Waals surface area contributed by atoms with E-state index in [-0.39, 0.29) is 18.1 Å². The lowest BCUT2D eigenvalue weighted by molar-refractivity contribution is -0.146. The largest absolute Gasteiger partial charge is 0.465 e. The predicted octanol–water partition coefficient (Wildman–Crippen LogP) is 2.53. The lowest BCUT2D eigenvalue weighted by Crippen LogP contribution is -2.19. The zero-order chi connectivity index (χ0) is 15.0. The van der Waals surface area contributed by atoms with E-state index in [4.69, 9.17) is 4.74 Å². The molecule has 0 atom stereocenters. The van der Waals surface area contributed by atoms with Gasteiger partial charge in [0.15, 0.2) is 0 Å². The van der Waals surface area contributed by atoms with Crippen LogP contribution in [-0.4, -0.2) is 25.7 Å². The minimum Gasteiger partial charge on any atom is -0.465 e. The first-order chi connectivity index (χ1) is 9.54. The summed E-state index contributed by atoms with van der Waals surface area (Å²) in [5, 5.41) is 0. The molecule has 1 aromatic rings. The molecule has 0 saturated carbocycles. The van der Waals surface area contributed by atoms with Gasteiger partial charge in [0.1, 0.15) is 5.57 Å². The molecule has 1 rings (SSSR count). The van der Waals surface area contributed by atoms with Crippen molar-refractivity contribution in [1.82, 2.24) is 0 Å². The van der Waals surface area contributed by atoms with E-state index < -0.39 is 11.9 Å². The van der Waals surface area contributed by atoms with Crippen molar-refractivity contribution in [2.45, 2.75) is 20.3 Å². The van der Waals surface area contributed by atoms with Gasteiger partial charge in [-0.3, -0.25) is 0 Å². The third-order valence-electron chi connectivity index (χ3n) is 2.56. The number of carbonyl (C=O) groups excluding carboxylic acids is 2. The van der Waals surface area contributed by atoms with Crippen molar-refractivity contribution in [3.8, 4) is 0 Å².